The molecule has 11 amide bonds. The van der Waals surface area contributed by atoms with E-state index in [1.807, 2.05) is 13.8 Å². The fraction of sp³-hybridized carbons (Fsp3) is 0.526. The summed E-state index contributed by atoms with van der Waals surface area (Å²) in [7, 11) is 1.23. The first-order valence-electron chi connectivity index (χ1n) is 28.9. The number of hydrogen-bond acceptors (Lipinski definition) is 16. The highest BCUT2D eigenvalue weighted by Crippen LogP contribution is 2.21. The van der Waals surface area contributed by atoms with Gasteiger partial charge in [0, 0.05) is 56.5 Å². The molecule has 3 rings (SSSR count). The molecule has 32 heteroatoms. The summed E-state index contributed by atoms with van der Waals surface area (Å²) in [6.45, 7) is 7.84. The number of para-hydroxylation sites is 1. The van der Waals surface area contributed by atoms with Gasteiger partial charge >= 0.3 is 0 Å². The molecule has 10 atom stereocenters. The SMILES string of the molecule is CC(C)CC(N)C(=O)N[C@@H](CC(N)=O)C(=O)N[C@@H](Cc1c[nH]c2ccccc12)C(=O)N[C@H](C(=O)N[C@H](C(=O)N[C@@H](CCCN=C(N)N)C(=O)N[C@@H](CCC(N)=O)C(=O)N(C)[C@@H](CCCN=C(N)N)C(=O)NC(Cc1ccc(O)cc1)C(N)=O)[C@@H](C)O)C(C)C. The molecule has 0 aliphatic rings. The number of benzene rings is 2. The van der Waals surface area contributed by atoms with Crippen molar-refractivity contribution in [3.8, 4) is 5.75 Å². The lowest BCUT2D eigenvalue weighted by Crippen LogP contribution is -2.63. The minimum Gasteiger partial charge on any atom is -0.508 e. The van der Waals surface area contributed by atoms with Crippen LogP contribution in [0.1, 0.15) is 97.1 Å². The molecule has 32 nitrogen and oxygen atoms in total. The molecule has 26 N–H and O–H groups in total. The van der Waals surface area contributed by atoms with E-state index in [0.29, 0.717) is 22.0 Å². The maximum Gasteiger partial charge on any atom is 0.245 e. The molecule has 89 heavy (non-hydrogen) atoms. The third-order valence-corrected chi connectivity index (χ3v) is 14.1. The number of nitrogens with two attached hydrogens (primary N) is 8. The van der Waals surface area contributed by atoms with Gasteiger partial charge in [0.1, 0.15) is 54.1 Å². The zero-order valence-electron chi connectivity index (χ0n) is 51.0. The lowest BCUT2D eigenvalue weighted by atomic mass is 9.99. The van der Waals surface area contributed by atoms with Crippen LogP contribution in [-0.2, 0) is 65.6 Å². The molecule has 0 aliphatic carbocycles. The number of aliphatic imine (C=N–C) groups is 2. The molecule has 2 unspecified atom stereocenters. The first-order valence-corrected chi connectivity index (χ1v) is 28.9. The highest BCUT2D eigenvalue weighted by atomic mass is 16.3. The molecular weight excluding hydrogens is 1160 g/mol. The van der Waals surface area contributed by atoms with Crippen molar-refractivity contribution < 1.29 is 63.0 Å². The van der Waals surface area contributed by atoms with Crippen LogP contribution in [0.25, 0.3) is 10.9 Å². The predicted molar refractivity (Wildman–Crippen MR) is 329 cm³/mol. The van der Waals surface area contributed by atoms with E-state index in [4.69, 9.17) is 45.9 Å². The van der Waals surface area contributed by atoms with E-state index in [0.717, 1.165) is 11.8 Å². The van der Waals surface area contributed by atoms with Gasteiger partial charge in [-0.05, 0) is 86.6 Å². The number of phenolic OH excluding ortho intramolecular Hbond substituents is 1. The summed E-state index contributed by atoms with van der Waals surface area (Å²) in [6, 6.07) is -0.644. The average Bonchev–Trinajstić information content (AvgIpc) is 2.03. The Balaban J connectivity index is 1.99. The average molecular weight is 1250 g/mol. The van der Waals surface area contributed by atoms with E-state index in [2.05, 4.69) is 52.2 Å². The third kappa shape index (κ3) is 25.0. The highest BCUT2D eigenvalue weighted by Gasteiger charge is 2.39. The van der Waals surface area contributed by atoms with Crippen molar-refractivity contribution in [3.63, 3.8) is 0 Å². The number of phenols is 1. The number of fused-ring (bicyclic) bond motifs is 1. The molecular formula is C57H89N19O13. The van der Waals surface area contributed by atoms with Gasteiger partial charge < -0.3 is 103 Å². The zero-order chi connectivity index (χ0) is 66.8. The number of aromatic hydroxyl groups is 1. The van der Waals surface area contributed by atoms with Crippen molar-refractivity contribution in [3.05, 3.63) is 65.9 Å². The minimum atomic E-state index is -1.86. The maximum absolute atomic E-state index is 14.6. The second-order valence-corrected chi connectivity index (χ2v) is 22.4. The van der Waals surface area contributed by atoms with Gasteiger partial charge in [0.05, 0.1) is 18.6 Å². The molecule has 0 radical (unpaired) electrons. The number of rotatable bonds is 38. The van der Waals surface area contributed by atoms with Crippen LogP contribution in [0, 0.1) is 11.8 Å². The summed E-state index contributed by atoms with van der Waals surface area (Å²) in [5.41, 5.74) is 46.6. The monoisotopic (exact) mass is 1250 g/mol. The number of aromatic nitrogens is 1. The zero-order valence-corrected chi connectivity index (χ0v) is 51.0. The summed E-state index contributed by atoms with van der Waals surface area (Å²) < 4.78 is 0. The van der Waals surface area contributed by atoms with Gasteiger partial charge in [-0.25, -0.2) is 0 Å². The van der Waals surface area contributed by atoms with E-state index >= 15 is 0 Å². The predicted octanol–water partition coefficient (Wildman–Crippen LogP) is -4.98. The Morgan fingerprint density at radius 1 is 0.573 bits per heavy atom. The fourth-order valence-corrected chi connectivity index (χ4v) is 9.34. The van der Waals surface area contributed by atoms with Gasteiger partial charge in [0.25, 0.3) is 0 Å². The number of nitrogens with zero attached hydrogens (tertiary/aromatic N) is 3. The second-order valence-electron chi connectivity index (χ2n) is 22.4. The number of H-pyrrole nitrogens is 1. The molecule has 2 aromatic carbocycles. The highest BCUT2D eigenvalue weighted by molar-refractivity contribution is 5.99. The van der Waals surface area contributed by atoms with Crippen molar-refractivity contribution in [1.82, 2.24) is 47.1 Å². The Morgan fingerprint density at radius 3 is 1.66 bits per heavy atom. The van der Waals surface area contributed by atoms with Crippen LogP contribution < -0.4 is 83.1 Å². The number of primary amides is 3. The van der Waals surface area contributed by atoms with E-state index in [1.54, 1.807) is 44.3 Å². The van der Waals surface area contributed by atoms with Gasteiger partial charge in [-0.15, -0.1) is 0 Å². The van der Waals surface area contributed by atoms with Gasteiger partial charge in [-0.2, -0.15) is 0 Å². The molecule has 0 bridgehead atoms. The Morgan fingerprint density at radius 2 is 1.10 bits per heavy atom. The number of carbonyl (C=O) groups excluding carboxylic acids is 11. The Labute approximate surface area is 515 Å². The fourth-order valence-electron chi connectivity index (χ4n) is 9.34. The Bertz CT molecular complexity index is 3000. The van der Waals surface area contributed by atoms with Crippen molar-refractivity contribution in [2.45, 2.75) is 159 Å². The summed E-state index contributed by atoms with van der Waals surface area (Å²) >= 11 is 0. The molecule has 0 aliphatic heterocycles. The maximum atomic E-state index is 14.6. The van der Waals surface area contributed by atoms with Crippen molar-refractivity contribution in [2.75, 3.05) is 20.1 Å². The Kier molecular flexibility index (Phi) is 29.7. The lowest BCUT2D eigenvalue weighted by molar-refractivity contribution is -0.143. The molecule has 0 spiro atoms. The largest absolute Gasteiger partial charge is 0.508 e. The Hall–Kier alpha value is -9.59. The first-order chi connectivity index (χ1) is 41.8. The molecule has 490 valence electrons. The number of hydrogen-bond donors (Lipinski definition) is 18. The summed E-state index contributed by atoms with van der Waals surface area (Å²) in [4.78, 5) is 163. The van der Waals surface area contributed by atoms with Crippen LogP contribution in [0.4, 0.5) is 0 Å². The lowest BCUT2D eigenvalue weighted by Gasteiger charge is -2.32. The van der Waals surface area contributed by atoms with E-state index in [9.17, 15) is 63.0 Å². The van der Waals surface area contributed by atoms with Crippen LogP contribution >= 0.6 is 0 Å². The number of carbonyl (C=O) groups is 11. The standard InChI is InChI=1S/C57H89N19O13/c1-28(2)23-35(58)48(82)72-41(26-44(60)80)50(84)73-40(25-32-27-68-36-12-8-7-11-34(32)36)51(85)74-45(29(3)4)53(87)75-46(30(5)77)54(88)69-37(13-9-21-66-56(62)63)49(83)70-38(19-20-43(59)79)55(89)76(6)42(14-10-22-67-57(64)65)52(86)71-39(47(61)81)24-31-15-17-33(78)18-16-31/h7-8,11-12,15-18,27-30,35,37-42,45-46,68,77-78H,9-10,13-14,19-26,58H2,1-6H3,(H2,59,79)(H2,60,80)(H2,61,81)(H,69,88)(H,70,83)(H,71,86)(H,72,82)(H,73,84)(H,74,85)(H,75,87)(H4,62,63,66)(H4,64,65,67)/t30-,35?,37+,38+,39?,40+,41+,42+,45+,46+/m1/s1. The number of nitrogens with one attached hydrogen (secondary N) is 8. The summed E-state index contributed by atoms with van der Waals surface area (Å²) in [5, 5.41) is 39.2. The van der Waals surface area contributed by atoms with Crippen LogP contribution in [0.2, 0.25) is 0 Å². The third-order valence-electron chi connectivity index (χ3n) is 14.1. The summed E-state index contributed by atoms with van der Waals surface area (Å²) in [5.74, 6) is -11.8. The van der Waals surface area contributed by atoms with Crippen LogP contribution in [0.15, 0.2) is 64.7 Å². The van der Waals surface area contributed by atoms with Gasteiger partial charge in [0.15, 0.2) is 11.9 Å². The van der Waals surface area contributed by atoms with E-state index in [1.165, 1.54) is 31.3 Å². The number of aliphatic hydroxyl groups excluding tert-OH is 1. The normalized spacial score (nSPS) is 14.5. The topological polar surface area (TPSA) is 564 Å². The number of likely N-dealkylation sites (N-methyl/N-ethyl adjacent to an activating group) is 1. The van der Waals surface area contributed by atoms with Crippen LogP contribution in [0.3, 0.4) is 0 Å². The molecule has 0 saturated carbocycles. The quantitative estimate of drug-likeness (QED) is 0.0145. The molecule has 3 aromatic rings. The molecule has 0 saturated heterocycles. The first kappa shape index (κ1) is 73.7. The van der Waals surface area contributed by atoms with E-state index in [-0.39, 0.29) is 81.6 Å². The molecule has 0 fully saturated rings. The summed E-state index contributed by atoms with van der Waals surface area (Å²) in [6.07, 6.45) is -2.03. The second kappa shape index (κ2) is 35.9. The smallest absolute Gasteiger partial charge is 0.245 e. The number of aromatic amines is 1. The molecule has 1 heterocycles. The van der Waals surface area contributed by atoms with Crippen molar-refractivity contribution in [2.24, 2.45) is 67.7 Å². The number of guanidine groups is 2. The number of amides is 11. The molecule has 1 aromatic heterocycles. The van der Waals surface area contributed by atoms with Crippen molar-refractivity contribution >= 4 is 87.8 Å². The minimum absolute atomic E-state index is 0.00316. The van der Waals surface area contributed by atoms with Crippen LogP contribution in [-0.4, -0.2) is 178 Å². The number of aliphatic hydroxyl groups is 1. The van der Waals surface area contributed by atoms with Gasteiger partial charge in [0.2, 0.25) is 65.0 Å². The van der Waals surface area contributed by atoms with E-state index < -0.39 is 151 Å². The van der Waals surface area contributed by atoms with Crippen molar-refractivity contribution in [1.29, 1.82) is 0 Å². The van der Waals surface area contributed by atoms with Crippen LogP contribution in [0.5, 0.6) is 5.75 Å². The van der Waals surface area contributed by atoms with Gasteiger partial charge in [-0.3, -0.25) is 62.7 Å². The van der Waals surface area contributed by atoms with Gasteiger partial charge in [-0.1, -0.05) is 58.0 Å².